The maximum atomic E-state index is 5.78. The molecule has 0 amide bonds. The van der Waals surface area contributed by atoms with E-state index in [9.17, 15) is 0 Å². The van der Waals surface area contributed by atoms with Crippen molar-refractivity contribution in [3.63, 3.8) is 0 Å². The van der Waals surface area contributed by atoms with Gasteiger partial charge in [0.1, 0.15) is 16.8 Å². The lowest BCUT2D eigenvalue weighted by molar-refractivity contribution is 0.806. The molecule has 2 aromatic heterocycles. The molecule has 0 N–H and O–H groups in total. The Balaban J connectivity index is 1.96. The highest BCUT2D eigenvalue weighted by atomic mass is 35.5. The molecular weight excluding hydrogens is 238 g/mol. The van der Waals surface area contributed by atoms with Crippen molar-refractivity contribution >= 4 is 17.4 Å². The van der Waals surface area contributed by atoms with E-state index >= 15 is 0 Å². The van der Waals surface area contributed by atoms with E-state index in [0.717, 1.165) is 24.6 Å². The third-order valence-corrected chi connectivity index (χ3v) is 2.46. The van der Waals surface area contributed by atoms with Gasteiger partial charge in [0.25, 0.3) is 0 Å². The largest absolute Gasteiger partial charge is 0.358 e. The number of rotatable bonds is 4. The third kappa shape index (κ3) is 3.35. The summed E-state index contributed by atoms with van der Waals surface area (Å²) in [6.45, 7) is 0.763. The van der Waals surface area contributed by atoms with Gasteiger partial charge in [-0.3, -0.25) is 4.98 Å². The highest BCUT2D eigenvalue weighted by molar-refractivity contribution is 6.29. The van der Waals surface area contributed by atoms with Crippen molar-refractivity contribution in [2.75, 3.05) is 18.5 Å². The average molecular weight is 250 g/mol. The summed E-state index contributed by atoms with van der Waals surface area (Å²) in [6, 6.07) is 1.80. The summed E-state index contributed by atoms with van der Waals surface area (Å²) < 4.78 is 0. The Labute approximate surface area is 105 Å². The summed E-state index contributed by atoms with van der Waals surface area (Å²) in [5.74, 6) is 1.56. The molecule has 0 aromatic carbocycles. The molecule has 6 heteroatoms. The highest BCUT2D eigenvalue weighted by Crippen LogP contribution is 2.10. The van der Waals surface area contributed by atoms with Gasteiger partial charge in [0.15, 0.2) is 0 Å². The molecule has 0 aliphatic carbocycles. The fourth-order valence-corrected chi connectivity index (χ4v) is 1.50. The van der Waals surface area contributed by atoms with Crippen molar-refractivity contribution in [3.8, 4) is 0 Å². The van der Waals surface area contributed by atoms with Crippen LogP contribution in [0.5, 0.6) is 0 Å². The Bertz CT molecular complexity index is 476. The molecule has 88 valence electrons. The standard InChI is InChI=1S/C11H12ClN5/c1-17(11-8-13-7-9(12)16-11)6-3-10-14-4-2-5-15-10/h2,4-5,7-8H,3,6H2,1H3. The lowest BCUT2D eigenvalue weighted by atomic mass is 10.3. The highest BCUT2D eigenvalue weighted by Gasteiger charge is 2.04. The van der Waals surface area contributed by atoms with Crippen molar-refractivity contribution in [1.82, 2.24) is 19.9 Å². The molecule has 0 aliphatic rings. The van der Waals surface area contributed by atoms with Crippen molar-refractivity contribution in [1.29, 1.82) is 0 Å². The topological polar surface area (TPSA) is 54.8 Å². The first-order valence-corrected chi connectivity index (χ1v) is 5.58. The minimum Gasteiger partial charge on any atom is -0.358 e. The number of hydrogen-bond donors (Lipinski definition) is 0. The molecular formula is C11H12ClN5. The van der Waals surface area contributed by atoms with Crippen molar-refractivity contribution in [2.45, 2.75) is 6.42 Å². The fourth-order valence-electron chi connectivity index (χ4n) is 1.36. The molecule has 0 radical (unpaired) electrons. The van der Waals surface area contributed by atoms with Crippen LogP contribution in [0.15, 0.2) is 30.9 Å². The van der Waals surface area contributed by atoms with Crippen molar-refractivity contribution < 1.29 is 0 Å². The zero-order valence-corrected chi connectivity index (χ0v) is 10.2. The second kappa shape index (κ2) is 5.54. The van der Waals surface area contributed by atoms with Gasteiger partial charge in [-0.2, -0.15) is 0 Å². The van der Waals surface area contributed by atoms with E-state index in [4.69, 9.17) is 11.6 Å². The Hall–Kier alpha value is -1.75. The number of anilines is 1. The zero-order valence-electron chi connectivity index (χ0n) is 9.41. The predicted molar refractivity (Wildman–Crippen MR) is 66.0 cm³/mol. The van der Waals surface area contributed by atoms with Crippen molar-refractivity contribution in [3.05, 3.63) is 41.8 Å². The summed E-state index contributed by atoms with van der Waals surface area (Å²) in [4.78, 5) is 18.5. The van der Waals surface area contributed by atoms with Gasteiger partial charge in [0, 0.05) is 32.4 Å². The van der Waals surface area contributed by atoms with Gasteiger partial charge in [0.2, 0.25) is 0 Å². The molecule has 0 unspecified atom stereocenters. The molecule has 0 atom stereocenters. The Morgan fingerprint density at radius 2 is 2.00 bits per heavy atom. The summed E-state index contributed by atoms with van der Waals surface area (Å²) in [6.07, 6.45) is 7.42. The maximum absolute atomic E-state index is 5.78. The first-order chi connectivity index (χ1) is 8.25. The van der Waals surface area contributed by atoms with Crippen LogP contribution in [0.1, 0.15) is 5.82 Å². The van der Waals surface area contributed by atoms with Gasteiger partial charge >= 0.3 is 0 Å². The van der Waals surface area contributed by atoms with E-state index in [1.165, 1.54) is 6.20 Å². The second-order valence-electron chi connectivity index (χ2n) is 3.54. The monoisotopic (exact) mass is 249 g/mol. The van der Waals surface area contributed by atoms with Crippen LogP contribution in [0.25, 0.3) is 0 Å². The molecule has 2 rings (SSSR count). The van der Waals surface area contributed by atoms with Crippen molar-refractivity contribution in [2.24, 2.45) is 0 Å². The smallest absolute Gasteiger partial charge is 0.149 e. The SMILES string of the molecule is CN(CCc1ncccn1)c1cncc(Cl)n1. The normalized spacial score (nSPS) is 10.2. The molecule has 0 saturated carbocycles. The number of hydrogen-bond acceptors (Lipinski definition) is 5. The van der Waals surface area contributed by atoms with Gasteiger partial charge in [-0.1, -0.05) is 11.6 Å². The summed E-state index contributed by atoms with van der Waals surface area (Å²) >= 11 is 5.78. The van der Waals surface area contributed by atoms with E-state index < -0.39 is 0 Å². The third-order valence-electron chi connectivity index (χ3n) is 2.27. The Morgan fingerprint density at radius 3 is 2.71 bits per heavy atom. The average Bonchev–Trinajstić information content (AvgIpc) is 2.37. The first-order valence-electron chi connectivity index (χ1n) is 5.20. The summed E-state index contributed by atoms with van der Waals surface area (Å²) in [7, 11) is 1.93. The lowest BCUT2D eigenvalue weighted by Crippen LogP contribution is -2.22. The first kappa shape index (κ1) is 11.7. The van der Waals surface area contributed by atoms with E-state index in [-0.39, 0.29) is 0 Å². The van der Waals surface area contributed by atoms with Gasteiger partial charge in [-0.15, -0.1) is 0 Å². The summed E-state index contributed by atoms with van der Waals surface area (Å²) in [5.41, 5.74) is 0. The second-order valence-corrected chi connectivity index (χ2v) is 3.92. The minimum atomic E-state index is 0.394. The van der Waals surface area contributed by atoms with E-state index in [0.29, 0.717) is 5.15 Å². The Kier molecular flexibility index (Phi) is 3.82. The molecule has 2 heterocycles. The zero-order chi connectivity index (χ0) is 12.1. The maximum Gasteiger partial charge on any atom is 0.149 e. The van der Waals surface area contributed by atoms with E-state index in [1.54, 1.807) is 24.7 Å². The molecule has 2 aromatic rings. The molecule has 5 nitrogen and oxygen atoms in total. The van der Waals surface area contributed by atoms with Gasteiger partial charge in [-0.25, -0.2) is 15.0 Å². The van der Waals surface area contributed by atoms with Crippen LogP contribution < -0.4 is 4.90 Å². The van der Waals surface area contributed by atoms with Crippen LogP contribution in [-0.2, 0) is 6.42 Å². The predicted octanol–water partition coefficient (Wildman–Crippen LogP) is 1.60. The summed E-state index contributed by atoms with van der Waals surface area (Å²) in [5, 5.41) is 0.394. The minimum absolute atomic E-state index is 0.394. The number of halogens is 1. The van der Waals surface area contributed by atoms with Crippen LogP contribution in [0.3, 0.4) is 0 Å². The van der Waals surface area contributed by atoms with E-state index in [1.807, 2.05) is 11.9 Å². The molecule has 0 aliphatic heterocycles. The molecule has 0 spiro atoms. The van der Waals surface area contributed by atoms with Crippen LogP contribution >= 0.6 is 11.6 Å². The van der Waals surface area contributed by atoms with Gasteiger partial charge < -0.3 is 4.90 Å². The number of aromatic nitrogens is 4. The van der Waals surface area contributed by atoms with Gasteiger partial charge in [-0.05, 0) is 6.07 Å². The molecule has 0 fully saturated rings. The molecule has 17 heavy (non-hydrogen) atoms. The van der Waals surface area contributed by atoms with E-state index in [2.05, 4.69) is 19.9 Å². The Morgan fingerprint density at radius 1 is 1.24 bits per heavy atom. The number of nitrogens with zero attached hydrogens (tertiary/aromatic N) is 5. The van der Waals surface area contributed by atoms with Crippen LogP contribution in [0.2, 0.25) is 5.15 Å². The fraction of sp³-hybridized carbons (Fsp3) is 0.273. The lowest BCUT2D eigenvalue weighted by Gasteiger charge is -2.16. The van der Waals surface area contributed by atoms with Gasteiger partial charge in [0.05, 0.1) is 12.4 Å². The number of likely N-dealkylation sites (N-methyl/N-ethyl adjacent to an activating group) is 1. The van der Waals surface area contributed by atoms with Crippen LogP contribution in [0, 0.1) is 0 Å². The molecule has 0 bridgehead atoms. The quantitative estimate of drug-likeness (QED) is 0.824. The van der Waals surface area contributed by atoms with Crippen LogP contribution in [0.4, 0.5) is 5.82 Å². The molecule has 0 saturated heterocycles. The van der Waals surface area contributed by atoms with Crippen LogP contribution in [-0.4, -0.2) is 33.5 Å².